The summed E-state index contributed by atoms with van der Waals surface area (Å²) < 4.78 is 0.718. The molecule has 0 aliphatic heterocycles. The fraction of sp³-hybridized carbons (Fsp3) is 0.417. The third kappa shape index (κ3) is 3.80. The molecule has 1 unspecified atom stereocenters. The number of carboxylic acid groups (broad SMARTS) is 1. The summed E-state index contributed by atoms with van der Waals surface area (Å²) in [7, 11) is 0. The Kier molecular flexibility index (Phi) is 5.27. The molecule has 0 radical (unpaired) electrons. The Balaban J connectivity index is 2.88. The highest BCUT2D eigenvalue weighted by molar-refractivity contribution is 9.10. The number of pyridine rings is 1. The van der Waals surface area contributed by atoms with Crippen molar-refractivity contribution in [2.75, 3.05) is 6.54 Å². The lowest BCUT2D eigenvalue weighted by molar-refractivity contribution is -0.138. The molecule has 1 atom stereocenters. The highest BCUT2D eigenvalue weighted by atomic mass is 79.9. The maximum atomic E-state index is 12.2. The van der Waals surface area contributed by atoms with Crippen molar-refractivity contribution in [3.63, 3.8) is 0 Å². The van der Waals surface area contributed by atoms with Crippen molar-refractivity contribution >= 4 is 27.8 Å². The summed E-state index contributed by atoms with van der Waals surface area (Å²) in [6, 6.07) is 1.32. The van der Waals surface area contributed by atoms with Crippen LogP contribution in [0, 0.1) is 0 Å². The molecule has 5 nitrogen and oxygen atoms in total. The first-order valence-electron chi connectivity index (χ1n) is 5.59. The molecule has 0 spiro atoms. The van der Waals surface area contributed by atoms with Gasteiger partial charge in [-0.25, -0.2) is 0 Å². The molecule has 6 heteroatoms. The fourth-order valence-corrected chi connectivity index (χ4v) is 2.08. The summed E-state index contributed by atoms with van der Waals surface area (Å²) in [5.41, 5.74) is 0.448. The number of hydrogen-bond acceptors (Lipinski definition) is 3. The quantitative estimate of drug-likeness (QED) is 0.904. The van der Waals surface area contributed by atoms with E-state index >= 15 is 0 Å². The predicted octanol–water partition coefficient (Wildman–Crippen LogP) is 2.17. The highest BCUT2D eigenvalue weighted by Crippen LogP contribution is 2.14. The number of rotatable bonds is 5. The van der Waals surface area contributed by atoms with Gasteiger partial charge in [0.1, 0.15) is 0 Å². The summed E-state index contributed by atoms with van der Waals surface area (Å²) in [5.74, 6) is -1.12. The summed E-state index contributed by atoms with van der Waals surface area (Å²) in [4.78, 5) is 28.4. The molecule has 0 fully saturated rings. The van der Waals surface area contributed by atoms with Gasteiger partial charge in [0.05, 0.1) is 12.0 Å². The Morgan fingerprint density at radius 2 is 2.17 bits per heavy atom. The lowest BCUT2D eigenvalue weighted by Gasteiger charge is -2.27. The van der Waals surface area contributed by atoms with Gasteiger partial charge in [-0.1, -0.05) is 0 Å². The van der Waals surface area contributed by atoms with Gasteiger partial charge in [0, 0.05) is 29.5 Å². The molecular weight excluding hydrogens is 300 g/mol. The zero-order valence-electron chi connectivity index (χ0n) is 10.3. The van der Waals surface area contributed by atoms with Crippen LogP contribution < -0.4 is 0 Å². The molecule has 0 saturated carbocycles. The van der Waals surface area contributed by atoms with E-state index < -0.39 is 5.97 Å². The number of halogens is 1. The van der Waals surface area contributed by atoms with Crippen molar-refractivity contribution in [2.45, 2.75) is 26.3 Å². The Hall–Kier alpha value is -1.43. The van der Waals surface area contributed by atoms with Crippen molar-refractivity contribution < 1.29 is 14.7 Å². The second-order valence-electron chi connectivity index (χ2n) is 3.93. The van der Waals surface area contributed by atoms with Crippen LogP contribution in [0.1, 0.15) is 30.6 Å². The van der Waals surface area contributed by atoms with E-state index in [1.807, 2.05) is 6.92 Å². The minimum Gasteiger partial charge on any atom is -0.481 e. The molecule has 0 aromatic carbocycles. The van der Waals surface area contributed by atoms with Crippen molar-refractivity contribution in [2.24, 2.45) is 0 Å². The zero-order chi connectivity index (χ0) is 13.7. The Bertz CT molecular complexity index is 451. The van der Waals surface area contributed by atoms with Crippen LogP contribution in [0.2, 0.25) is 0 Å². The molecule has 1 heterocycles. The van der Waals surface area contributed by atoms with Crippen molar-refractivity contribution in [3.05, 3.63) is 28.5 Å². The monoisotopic (exact) mass is 314 g/mol. The Morgan fingerprint density at radius 1 is 1.50 bits per heavy atom. The molecule has 98 valence electrons. The fourth-order valence-electron chi connectivity index (χ4n) is 1.71. The first kappa shape index (κ1) is 14.6. The van der Waals surface area contributed by atoms with Gasteiger partial charge in [-0.3, -0.25) is 14.6 Å². The van der Waals surface area contributed by atoms with Crippen LogP contribution in [0.5, 0.6) is 0 Å². The van der Waals surface area contributed by atoms with Gasteiger partial charge in [-0.2, -0.15) is 0 Å². The molecule has 1 amide bonds. The van der Waals surface area contributed by atoms with E-state index in [9.17, 15) is 9.59 Å². The minimum atomic E-state index is -0.916. The van der Waals surface area contributed by atoms with Crippen molar-refractivity contribution in [1.29, 1.82) is 0 Å². The molecule has 1 aromatic heterocycles. The molecule has 1 aromatic rings. The van der Waals surface area contributed by atoms with Crippen LogP contribution in [-0.2, 0) is 4.79 Å². The van der Waals surface area contributed by atoms with Gasteiger partial charge in [0.2, 0.25) is 0 Å². The van der Waals surface area contributed by atoms with Gasteiger partial charge in [0.15, 0.2) is 0 Å². The number of aromatic nitrogens is 1. The van der Waals surface area contributed by atoms with Gasteiger partial charge in [-0.15, -0.1) is 0 Å². The third-order valence-electron chi connectivity index (χ3n) is 2.56. The van der Waals surface area contributed by atoms with E-state index in [1.54, 1.807) is 19.2 Å². The van der Waals surface area contributed by atoms with Gasteiger partial charge in [-0.05, 0) is 35.8 Å². The van der Waals surface area contributed by atoms with Gasteiger partial charge < -0.3 is 10.0 Å². The standard InChI is InChI=1S/C12H15BrN2O3/c1-3-15(8(2)4-11(16)17)12(18)9-5-10(13)7-14-6-9/h5-8H,3-4H2,1-2H3,(H,16,17). The molecule has 18 heavy (non-hydrogen) atoms. The van der Waals surface area contributed by atoms with E-state index in [-0.39, 0.29) is 18.4 Å². The first-order valence-corrected chi connectivity index (χ1v) is 6.38. The highest BCUT2D eigenvalue weighted by Gasteiger charge is 2.22. The van der Waals surface area contributed by atoms with Crippen LogP contribution in [0.15, 0.2) is 22.9 Å². The number of carboxylic acids is 1. The van der Waals surface area contributed by atoms with E-state index in [4.69, 9.17) is 5.11 Å². The average molecular weight is 315 g/mol. The van der Waals surface area contributed by atoms with E-state index in [0.717, 1.165) is 4.47 Å². The SMILES string of the molecule is CCN(C(=O)c1cncc(Br)c1)C(C)CC(=O)O. The molecule has 0 saturated heterocycles. The van der Waals surface area contributed by atoms with Gasteiger partial charge in [0.25, 0.3) is 5.91 Å². The third-order valence-corrected chi connectivity index (χ3v) is 2.99. The topological polar surface area (TPSA) is 70.5 Å². The predicted molar refractivity (Wildman–Crippen MR) is 70.4 cm³/mol. The second-order valence-corrected chi connectivity index (χ2v) is 4.85. The molecule has 0 bridgehead atoms. The Morgan fingerprint density at radius 3 is 2.67 bits per heavy atom. The molecule has 1 N–H and O–H groups in total. The molecule has 1 rings (SSSR count). The van der Waals surface area contributed by atoms with E-state index in [1.165, 1.54) is 11.1 Å². The second kappa shape index (κ2) is 6.49. The lowest BCUT2D eigenvalue weighted by atomic mass is 10.1. The van der Waals surface area contributed by atoms with Crippen LogP contribution >= 0.6 is 15.9 Å². The first-order chi connectivity index (χ1) is 8.45. The van der Waals surface area contributed by atoms with Crippen molar-refractivity contribution in [1.82, 2.24) is 9.88 Å². The summed E-state index contributed by atoms with van der Waals surface area (Å²) >= 11 is 3.25. The lowest BCUT2D eigenvalue weighted by Crippen LogP contribution is -2.39. The van der Waals surface area contributed by atoms with Crippen LogP contribution in [-0.4, -0.2) is 39.5 Å². The van der Waals surface area contributed by atoms with Gasteiger partial charge >= 0.3 is 5.97 Å². The number of carbonyl (C=O) groups excluding carboxylic acids is 1. The van der Waals surface area contributed by atoms with E-state index in [0.29, 0.717) is 12.1 Å². The minimum absolute atomic E-state index is 0.0684. The normalized spacial score (nSPS) is 11.9. The summed E-state index contributed by atoms with van der Waals surface area (Å²) in [6.45, 7) is 4.00. The smallest absolute Gasteiger partial charge is 0.305 e. The average Bonchev–Trinajstić information content (AvgIpc) is 2.28. The summed E-state index contributed by atoms with van der Waals surface area (Å²) in [6.07, 6.45) is 3.00. The number of hydrogen-bond donors (Lipinski definition) is 1. The number of nitrogens with zero attached hydrogens (tertiary/aromatic N) is 2. The van der Waals surface area contributed by atoms with Crippen LogP contribution in [0.3, 0.4) is 0 Å². The maximum absolute atomic E-state index is 12.2. The number of aliphatic carboxylic acids is 1. The van der Waals surface area contributed by atoms with Crippen LogP contribution in [0.25, 0.3) is 0 Å². The number of carbonyl (C=O) groups is 2. The van der Waals surface area contributed by atoms with Crippen molar-refractivity contribution in [3.8, 4) is 0 Å². The number of amides is 1. The maximum Gasteiger partial charge on any atom is 0.305 e. The Labute approximate surface area is 114 Å². The molecular formula is C12H15BrN2O3. The molecule has 0 aliphatic rings. The molecule has 0 aliphatic carbocycles. The van der Waals surface area contributed by atoms with E-state index in [2.05, 4.69) is 20.9 Å². The largest absolute Gasteiger partial charge is 0.481 e. The zero-order valence-corrected chi connectivity index (χ0v) is 11.8. The van der Waals surface area contributed by atoms with Crippen LogP contribution in [0.4, 0.5) is 0 Å². The summed E-state index contributed by atoms with van der Waals surface area (Å²) in [5, 5.41) is 8.77.